The number of nitro benzene ring substituents is 1. The Bertz CT molecular complexity index is 1130. The molecule has 1 aromatic heterocycles. The zero-order valence-corrected chi connectivity index (χ0v) is 17.8. The molecule has 1 fully saturated rings. The van der Waals surface area contributed by atoms with Gasteiger partial charge in [0.05, 0.1) is 15.6 Å². The number of rotatable bonds is 4. The lowest BCUT2D eigenvalue weighted by atomic mass is 10.1. The van der Waals surface area contributed by atoms with Crippen molar-refractivity contribution in [3.8, 4) is 11.3 Å². The van der Waals surface area contributed by atoms with Gasteiger partial charge < -0.3 is 9.80 Å². The lowest BCUT2D eigenvalue weighted by Crippen LogP contribution is -2.49. The summed E-state index contributed by atoms with van der Waals surface area (Å²) in [5, 5.41) is 20.6. The lowest BCUT2D eigenvalue weighted by Gasteiger charge is -2.35. The summed E-state index contributed by atoms with van der Waals surface area (Å²) in [5.41, 5.74) is 1.61. The Labute approximate surface area is 188 Å². The standard InChI is InChI=1S/C21H17Cl2N5O3/c22-15-4-5-17(18(23)13-15)19-6-7-20(25-24-19)26-8-10-27(11-9-26)21(29)14-2-1-3-16(12-14)28(30)31/h1-7,12-13H,8-11H2. The second kappa shape index (κ2) is 8.87. The van der Waals surface area contributed by atoms with Crippen LogP contribution in [-0.2, 0) is 0 Å². The highest BCUT2D eigenvalue weighted by molar-refractivity contribution is 6.36. The zero-order valence-electron chi connectivity index (χ0n) is 16.2. The summed E-state index contributed by atoms with van der Waals surface area (Å²) in [4.78, 5) is 26.9. The molecule has 2 heterocycles. The smallest absolute Gasteiger partial charge is 0.270 e. The Morgan fingerprint density at radius 3 is 2.39 bits per heavy atom. The van der Waals surface area contributed by atoms with Gasteiger partial charge in [0.25, 0.3) is 11.6 Å². The minimum atomic E-state index is -0.506. The largest absolute Gasteiger partial charge is 0.352 e. The van der Waals surface area contributed by atoms with Crippen LogP contribution in [0.25, 0.3) is 11.3 Å². The number of halogens is 2. The number of benzene rings is 2. The van der Waals surface area contributed by atoms with Crippen LogP contribution >= 0.6 is 23.2 Å². The Hall–Kier alpha value is -3.23. The van der Waals surface area contributed by atoms with Crippen molar-refractivity contribution in [3.63, 3.8) is 0 Å². The Morgan fingerprint density at radius 1 is 0.968 bits per heavy atom. The normalized spacial score (nSPS) is 13.9. The molecule has 4 rings (SSSR count). The van der Waals surface area contributed by atoms with Crippen LogP contribution in [0.1, 0.15) is 10.4 Å². The van der Waals surface area contributed by atoms with E-state index in [1.807, 2.05) is 17.0 Å². The molecule has 0 N–H and O–H groups in total. The monoisotopic (exact) mass is 457 g/mol. The van der Waals surface area contributed by atoms with Gasteiger partial charge in [-0.2, -0.15) is 0 Å². The van der Waals surface area contributed by atoms with Crippen LogP contribution in [0.4, 0.5) is 11.5 Å². The van der Waals surface area contributed by atoms with Crippen LogP contribution in [-0.4, -0.2) is 52.1 Å². The van der Waals surface area contributed by atoms with E-state index in [4.69, 9.17) is 23.2 Å². The number of hydrogen-bond donors (Lipinski definition) is 0. The van der Waals surface area contributed by atoms with E-state index in [0.29, 0.717) is 53.3 Å². The minimum Gasteiger partial charge on any atom is -0.352 e. The van der Waals surface area contributed by atoms with Gasteiger partial charge in [0, 0.05) is 54.5 Å². The lowest BCUT2D eigenvalue weighted by molar-refractivity contribution is -0.384. The molecule has 0 aliphatic carbocycles. The van der Waals surface area contributed by atoms with E-state index < -0.39 is 4.92 Å². The van der Waals surface area contributed by atoms with Gasteiger partial charge in [-0.15, -0.1) is 10.2 Å². The van der Waals surface area contributed by atoms with Crippen molar-refractivity contribution in [1.29, 1.82) is 0 Å². The van der Waals surface area contributed by atoms with Gasteiger partial charge in [0.1, 0.15) is 0 Å². The SMILES string of the molecule is O=C(c1cccc([N+](=O)[O-])c1)N1CCN(c2ccc(-c3ccc(Cl)cc3Cl)nn2)CC1. The number of amides is 1. The van der Waals surface area contributed by atoms with Crippen molar-refractivity contribution >= 4 is 40.6 Å². The Kier molecular flexibility index (Phi) is 6.01. The third-order valence-corrected chi connectivity index (χ3v) is 5.60. The highest BCUT2D eigenvalue weighted by atomic mass is 35.5. The predicted octanol–water partition coefficient (Wildman–Crippen LogP) is 4.32. The first-order valence-corrected chi connectivity index (χ1v) is 10.3. The number of nitro groups is 1. The van der Waals surface area contributed by atoms with Crippen molar-refractivity contribution in [2.24, 2.45) is 0 Å². The molecule has 1 aliphatic heterocycles. The summed E-state index contributed by atoms with van der Waals surface area (Å²) in [6.07, 6.45) is 0. The Balaban J connectivity index is 1.41. The number of hydrogen-bond acceptors (Lipinski definition) is 6. The van der Waals surface area contributed by atoms with Crippen molar-refractivity contribution < 1.29 is 9.72 Å². The number of nitrogens with zero attached hydrogens (tertiary/aromatic N) is 5. The third kappa shape index (κ3) is 4.60. The number of aromatic nitrogens is 2. The molecule has 31 heavy (non-hydrogen) atoms. The maximum Gasteiger partial charge on any atom is 0.270 e. The van der Waals surface area contributed by atoms with E-state index in [9.17, 15) is 14.9 Å². The van der Waals surface area contributed by atoms with E-state index in [-0.39, 0.29) is 11.6 Å². The fraction of sp³-hybridized carbons (Fsp3) is 0.190. The topological polar surface area (TPSA) is 92.5 Å². The first kappa shape index (κ1) is 21.0. The molecule has 0 atom stereocenters. The average Bonchev–Trinajstić information content (AvgIpc) is 2.79. The molecule has 0 radical (unpaired) electrons. The first-order chi connectivity index (χ1) is 14.9. The van der Waals surface area contributed by atoms with E-state index in [1.165, 1.54) is 18.2 Å². The quantitative estimate of drug-likeness (QED) is 0.427. The van der Waals surface area contributed by atoms with Crippen LogP contribution in [0.5, 0.6) is 0 Å². The van der Waals surface area contributed by atoms with Gasteiger partial charge in [-0.25, -0.2) is 0 Å². The molecule has 2 aromatic carbocycles. The molecule has 8 nitrogen and oxygen atoms in total. The second-order valence-corrected chi connectivity index (χ2v) is 7.83. The molecule has 0 saturated carbocycles. The number of non-ortho nitro benzene ring substituents is 1. The molecule has 3 aromatic rings. The van der Waals surface area contributed by atoms with Gasteiger partial charge in [-0.3, -0.25) is 14.9 Å². The van der Waals surface area contributed by atoms with Crippen LogP contribution in [0.2, 0.25) is 10.0 Å². The van der Waals surface area contributed by atoms with Crippen molar-refractivity contribution in [2.75, 3.05) is 31.1 Å². The van der Waals surface area contributed by atoms with Gasteiger partial charge in [0.2, 0.25) is 0 Å². The molecule has 0 bridgehead atoms. The number of piperazine rings is 1. The molecule has 10 heteroatoms. The van der Waals surface area contributed by atoms with Crippen LogP contribution in [0, 0.1) is 10.1 Å². The second-order valence-electron chi connectivity index (χ2n) is 6.99. The van der Waals surface area contributed by atoms with Crippen molar-refractivity contribution in [3.05, 3.63) is 80.3 Å². The van der Waals surface area contributed by atoms with Gasteiger partial charge in [-0.1, -0.05) is 29.3 Å². The predicted molar refractivity (Wildman–Crippen MR) is 119 cm³/mol. The third-order valence-electron chi connectivity index (χ3n) is 5.05. The fourth-order valence-electron chi connectivity index (χ4n) is 3.41. The summed E-state index contributed by atoms with van der Waals surface area (Å²) in [5.74, 6) is 0.485. The number of carbonyl (C=O) groups is 1. The van der Waals surface area contributed by atoms with E-state index >= 15 is 0 Å². The first-order valence-electron chi connectivity index (χ1n) is 9.50. The molecule has 158 valence electrons. The van der Waals surface area contributed by atoms with E-state index in [0.717, 1.165) is 5.56 Å². The molecule has 1 saturated heterocycles. The Morgan fingerprint density at radius 2 is 1.74 bits per heavy atom. The highest BCUT2D eigenvalue weighted by Crippen LogP contribution is 2.29. The van der Waals surface area contributed by atoms with Crippen LogP contribution in [0.3, 0.4) is 0 Å². The van der Waals surface area contributed by atoms with Crippen LogP contribution < -0.4 is 4.90 Å². The molecule has 0 unspecified atom stereocenters. The van der Waals surface area contributed by atoms with Gasteiger partial charge >= 0.3 is 0 Å². The van der Waals surface area contributed by atoms with Gasteiger partial charge in [-0.05, 0) is 36.4 Å². The van der Waals surface area contributed by atoms with Gasteiger partial charge in [0.15, 0.2) is 5.82 Å². The maximum atomic E-state index is 12.7. The molecule has 1 amide bonds. The number of anilines is 1. The maximum absolute atomic E-state index is 12.7. The van der Waals surface area contributed by atoms with Crippen molar-refractivity contribution in [1.82, 2.24) is 15.1 Å². The molecule has 1 aliphatic rings. The molecular formula is C21H17Cl2N5O3. The average molecular weight is 458 g/mol. The fourth-order valence-corrected chi connectivity index (χ4v) is 3.91. The molecule has 0 spiro atoms. The summed E-state index contributed by atoms with van der Waals surface area (Å²) in [6, 6.07) is 14.7. The summed E-state index contributed by atoms with van der Waals surface area (Å²) in [6.45, 7) is 2.12. The summed E-state index contributed by atoms with van der Waals surface area (Å²) >= 11 is 12.2. The zero-order chi connectivity index (χ0) is 22.0. The highest BCUT2D eigenvalue weighted by Gasteiger charge is 2.24. The van der Waals surface area contributed by atoms with E-state index in [1.54, 1.807) is 29.2 Å². The number of carbonyl (C=O) groups excluding carboxylic acids is 1. The van der Waals surface area contributed by atoms with Crippen molar-refractivity contribution in [2.45, 2.75) is 0 Å². The summed E-state index contributed by atoms with van der Waals surface area (Å²) < 4.78 is 0. The minimum absolute atomic E-state index is 0.0966. The molecular weight excluding hydrogens is 441 g/mol. The van der Waals surface area contributed by atoms with E-state index in [2.05, 4.69) is 10.2 Å². The van der Waals surface area contributed by atoms with Crippen LogP contribution in [0.15, 0.2) is 54.6 Å². The summed E-state index contributed by atoms with van der Waals surface area (Å²) in [7, 11) is 0.